The van der Waals surface area contributed by atoms with Crippen LogP contribution in [0.3, 0.4) is 0 Å². The van der Waals surface area contributed by atoms with Crippen LogP contribution in [-0.2, 0) is 13.8 Å². The van der Waals surface area contributed by atoms with Crippen LogP contribution in [0, 0.1) is 13.8 Å². The molecule has 1 aromatic rings. The maximum atomic E-state index is 11.6. The first-order valence-electron chi connectivity index (χ1n) is 6.71. The highest BCUT2D eigenvalue weighted by atomic mass is 35.7. The molecule has 0 spiro atoms. The molecular weight excluding hydrogens is 314 g/mol. The van der Waals surface area contributed by atoms with Gasteiger partial charge in [-0.2, -0.15) is 0 Å². The predicted molar refractivity (Wildman–Crippen MR) is 82.4 cm³/mol. The fourth-order valence-electron chi connectivity index (χ4n) is 1.79. The summed E-state index contributed by atoms with van der Waals surface area (Å²) in [5.74, 6) is 0.275. The smallest absolute Gasteiger partial charge is 0.261 e. The van der Waals surface area contributed by atoms with Crippen LogP contribution in [-0.4, -0.2) is 27.5 Å². The lowest BCUT2D eigenvalue weighted by molar-refractivity contribution is -0.123. The van der Waals surface area contributed by atoms with Crippen molar-refractivity contribution in [1.82, 2.24) is 5.32 Å². The van der Waals surface area contributed by atoms with Crippen molar-refractivity contribution in [3.05, 3.63) is 23.3 Å². The third kappa shape index (κ3) is 5.21. The minimum Gasteiger partial charge on any atom is -0.483 e. The molecule has 0 bridgehead atoms. The van der Waals surface area contributed by atoms with E-state index in [9.17, 15) is 13.2 Å². The summed E-state index contributed by atoms with van der Waals surface area (Å²) in [7, 11) is 1.57. The van der Waals surface area contributed by atoms with Crippen LogP contribution < -0.4 is 10.1 Å². The zero-order chi connectivity index (χ0) is 16.0. The van der Waals surface area contributed by atoms with E-state index in [0.29, 0.717) is 23.4 Å². The summed E-state index contributed by atoms with van der Waals surface area (Å²) < 4.78 is 28.2. The highest BCUT2D eigenvalue weighted by Gasteiger charge is 2.17. The van der Waals surface area contributed by atoms with Gasteiger partial charge in [0.1, 0.15) is 5.75 Å². The number of benzene rings is 1. The molecule has 7 heteroatoms. The van der Waals surface area contributed by atoms with Crippen molar-refractivity contribution < 1.29 is 17.9 Å². The van der Waals surface area contributed by atoms with Crippen LogP contribution in [0.2, 0.25) is 0 Å². The Balaban J connectivity index is 2.74. The van der Waals surface area contributed by atoms with Gasteiger partial charge >= 0.3 is 0 Å². The van der Waals surface area contributed by atoms with Crippen LogP contribution in [0.15, 0.2) is 17.0 Å². The van der Waals surface area contributed by atoms with Gasteiger partial charge < -0.3 is 10.1 Å². The Kier molecular flexibility index (Phi) is 6.48. The Morgan fingerprint density at radius 1 is 1.29 bits per heavy atom. The minimum atomic E-state index is -3.78. The summed E-state index contributed by atoms with van der Waals surface area (Å²) in [4.78, 5) is 11.6. The highest BCUT2D eigenvalue weighted by molar-refractivity contribution is 8.13. The molecule has 0 aliphatic heterocycles. The number of rotatable bonds is 7. The predicted octanol–water partition coefficient (Wildman–Crippen LogP) is 2.53. The normalized spacial score (nSPS) is 11.2. The van der Waals surface area contributed by atoms with E-state index >= 15 is 0 Å². The molecule has 118 valence electrons. The van der Waals surface area contributed by atoms with E-state index in [4.69, 9.17) is 15.4 Å². The molecule has 1 rings (SSSR count). The summed E-state index contributed by atoms with van der Waals surface area (Å²) in [6, 6.07) is 2.89. The van der Waals surface area contributed by atoms with Crippen molar-refractivity contribution in [3.8, 4) is 5.75 Å². The molecule has 0 radical (unpaired) electrons. The second-order valence-electron chi connectivity index (χ2n) is 4.74. The molecule has 1 N–H and O–H groups in total. The molecule has 21 heavy (non-hydrogen) atoms. The molecule has 0 unspecified atom stereocenters. The van der Waals surface area contributed by atoms with Gasteiger partial charge in [0, 0.05) is 17.2 Å². The molecule has 0 saturated carbocycles. The van der Waals surface area contributed by atoms with Gasteiger partial charge in [0.2, 0.25) is 0 Å². The number of hydrogen-bond acceptors (Lipinski definition) is 4. The van der Waals surface area contributed by atoms with Crippen molar-refractivity contribution in [3.63, 3.8) is 0 Å². The number of unbranched alkanes of at least 4 members (excludes halogenated alkanes) is 1. The number of carbonyl (C=O) groups is 1. The molecule has 0 atom stereocenters. The van der Waals surface area contributed by atoms with E-state index in [-0.39, 0.29) is 17.4 Å². The fraction of sp³-hybridized carbons (Fsp3) is 0.500. The van der Waals surface area contributed by atoms with Crippen LogP contribution >= 0.6 is 10.7 Å². The number of nitrogens with one attached hydrogen (secondary N) is 1. The first kappa shape index (κ1) is 17.8. The standard InChI is InChI=1S/C14H20ClNO4S/c1-4-5-8-16-14(17)9-20-12-6-7-13(21(15,18)19)11(3)10(12)2/h6-7H,4-5,8-9H2,1-3H3,(H,16,17). The molecule has 0 fully saturated rings. The zero-order valence-corrected chi connectivity index (χ0v) is 14.0. The average molecular weight is 334 g/mol. The Hall–Kier alpha value is -1.27. The first-order valence-corrected chi connectivity index (χ1v) is 9.02. The van der Waals surface area contributed by atoms with Crippen LogP contribution in [0.4, 0.5) is 0 Å². The van der Waals surface area contributed by atoms with Gasteiger partial charge in [-0.1, -0.05) is 13.3 Å². The Morgan fingerprint density at radius 2 is 1.95 bits per heavy atom. The SMILES string of the molecule is CCCCNC(=O)COc1ccc(S(=O)(=O)Cl)c(C)c1C. The van der Waals surface area contributed by atoms with E-state index in [0.717, 1.165) is 12.8 Å². The highest BCUT2D eigenvalue weighted by Crippen LogP contribution is 2.28. The number of halogens is 1. The second kappa shape index (κ2) is 7.66. The maximum Gasteiger partial charge on any atom is 0.261 e. The summed E-state index contributed by atoms with van der Waals surface area (Å²) in [5, 5.41) is 2.74. The Morgan fingerprint density at radius 3 is 2.52 bits per heavy atom. The van der Waals surface area contributed by atoms with E-state index in [1.807, 2.05) is 6.92 Å². The molecule has 1 aromatic carbocycles. The van der Waals surface area contributed by atoms with Gasteiger partial charge in [-0.3, -0.25) is 4.79 Å². The molecule has 0 aliphatic rings. The van der Waals surface area contributed by atoms with Crippen molar-refractivity contribution in [2.75, 3.05) is 13.2 Å². The van der Waals surface area contributed by atoms with Crippen molar-refractivity contribution in [2.45, 2.75) is 38.5 Å². The van der Waals surface area contributed by atoms with E-state index in [2.05, 4.69) is 5.32 Å². The molecule has 0 aliphatic carbocycles. The van der Waals surface area contributed by atoms with Gasteiger partial charge in [-0.05, 0) is 43.5 Å². The first-order chi connectivity index (χ1) is 9.77. The summed E-state index contributed by atoms with van der Waals surface area (Å²) >= 11 is 0. The van der Waals surface area contributed by atoms with E-state index in [1.54, 1.807) is 13.8 Å². The maximum absolute atomic E-state index is 11.6. The number of ether oxygens (including phenoxy) is 1. The molecule has 0 aromatic heterocycles. The monoisotopic (exact) mass is 333 g/mol. The van der Waals surface area contributed by atoms with Crippen LogP contribution in [0.25, 0.3) is 0 Å². The van der Waals surface area contributed by atoms with E-state index < -0.39 is 9.05 Å². The van der Waals surface area contributed by atoms with Gasteiger partial charge in [0.25, 0.3) is 15.0 Å². The van der Waals surface area contributed by atoms with Crippen molar-refractivity contribution >= 4 is 25.6 Å². The lowest BCUT2D eigenvalue weighted by Gasteiger charge is -2.13. The average Bonchev–Trinajstić information content (AvgIpc) is 2.39. The number of amides is 1. The zero-order valence-electron chi connectivity index (χ0n) is 12.4. The van der Waals surface area contributed by atoms with Gasteiger partial charge in [-0.25, -0.2) is 8.42 Å². The molecule has 0 saturated heterocycles. The summed E-state index contributed by atoms with van der Waals surface area (Å²) in [5.41, 5.74) is 1.17. The van der Waals surface area contributed by atoms with Gasteiger partial charge in [0.05, 0.1) is 4.90 Å². The molecule has 1 amide bonds. The quantitative estimate of drug-likeness (QED) is 0.614. The summed E-state index contributed by atoms with van der Waals surface area (Å²) in [6.45, 7) is 5.95. The molecule has 0 heterocycles. The Bertz CT molecular complexity index is 614. The summed E-state index contributed by atoms with van der Waals surface area (Å²) in [6.07, 6.45) is 1.93. The molecule has 5 nitrogen and oxygen atoms in total. The van der Waals surface area contributed by atoms with Crippen LogP contribution in [0.5, 0.6) is 5.75 Å². The topological polar surface area (TPSA) is 72.5 Å². The van der Waals surface area contributed by atoms with Gasteiger partial charge in [0.15, 0.2) is 6.61 Å². The lowest BCUT2D eigenvalue weighted by Crippen LogP contribution is -2.29. The Labute approximate surface area is 130 Å². The number of carbonyl (C=O) groups excluding carboxylic acids is 1. The van der Waals surface area contributed by atoms with Crippen molar-refractivity contribution in [1.29, 1.82) is 0 Å². The minimum absolute atomic E-state index is 0.0569. The number of hydrogen-bond donors (Lipinski definition) is 1. The van der Waals surface area contributed by atoms with Crippen molar-refractivity contribution in [2.24, 2.45) is 0 Å². The van der Waals surface area contributed by atoms with E-state index in [1.165, 1.54) is 12.1 Å². The largest absolute Gasteiger partial charge is 0.483 e. The fourth-order valence-corrected chi connectivity index (χ4v) is 3.04. The third-order valence-electron chi connectivity index (χ3n) is 3.16. The third-order valence-corrected chi connectivity index (χ3v) is 4.63. The molecular formula is C14H20ClNO4S. The second-order valence-corrected chi connectivity index (χ2v) is 7.28. The van der Waals surface area contributed by atoms with Gasteiger partial charge in [-0.15, -0.1) is 0 Å². The van der Waals surface area contributed by atoms with Crippen LogP contribution in [0.1, 0.15) is 30.9 Å². The lowest BCUT2D eigenvalue weighted by atomic mass is 10.1.